The van der Waals surface area contributed by atoms with Crippen LogP contribution >= 0.6 is 0 Å². The van der Waals surface area contributed by atoms with Crippen LogP contribution in [0.2, 0.25) is 0 Å². The molecule has 3 aromatic rings. The van der Waals surface area contributed by atoms with Crippen molar-refractivity contribution in [2.24, 2.45) is 0 Å². The van der Waals surface area contributed by atoms with Crippen LogP contribution in [0.5, 0.6) is 0 Å². The molecule has 0 fully saturated rings. The minimum Gasteiger partial charge on any atom is -0.316 e. The molecule has 4 rings (SSSR count). The van der Waals surface area contributed by atoms with Crippen molar-refractivity contribution in [1.82, 2.24) is 9.88 Å². The predicted octanol–water partition coefficient (Wildman–Crippen LogP) is 5.17. The summed E-state index contributed by atoms with van der Waals surface area (Å²) in [7, 11) is 0. The molecule has 26 heavy (non-hydrogen) atoms. The van der Waals surface area contributed by atoms with Crippen molar-refractivity contribution in [2.75, 3.05) is 13.1 Å². The van der Waals surface area contributed by atoms with E-state index in [0.29, 0.717) is 23.1 Å². The molecule has 1 N–H and O–H groups in total. The maximum absolute atomic E-state index is 13.2. The van der Waals surface area contributed by atoms with Gasteiger partial charge in [-0.05, 0) is 61.0 Å². The second-order valence-electron chi connectivity index (χ2n) is 6.30. The van der Waals surface area contributed by atoms with Crippen molar-refractivity contribution < 1.29 is 17.6 Å². The Hall–Kier alpha value is -2.60. The number of aromatic nitrogens is 1. The maximum atomic E-state index is 13.2. The zero-order chi connectivity index (χ0) is 18.3. The molecule has 0 amide bonds. The van der Waals surface area contributed by atoms with E-state index < -0.39 is 11.7 Å². The van der Waals surface area contributed by atoms with Crippen molar-refractivity contribution in [2.45, 2.75) is 12.6 Å². The van der Waals surface area contributed by atoms with E-state index in [9.17, 15) is 17.6 Å². The highest BCUT2D eigenvalue weighted by Crippen LogP contribution is 2.36. The third-order valence-corrected chi connectivity index (χ3v) is 4.65. The van der Waals surface area contributed by atoms with Gasteiger partial charge in [0.05, 0.1) is 11.1 Å². The predicted molar refractivity (Wildman–Crippen MR) is 93.7 cm³/mol. The van der Waals surface area contributed by atoms with Crippen molar-refractivity contribution >= 4 is 16.5 Å². The summed E-state index contributed by atoms with van der Waals surface area (Å²) in [6, 6.07) is 9.69. The molecule has 2 nitrogen and oxygen atoms in total. The van der Waals surface area contributed by atoms with Crippen LogP contribution in [0.3, 0.4) is 0 Å². The molecule has 0 spiro atoms. The zero-order valence-electron chi connectivity index (χ0n) is 13.8. The van der Waals surface area contributed by atoms with Crippen LogP contribution in [0.4, 0.5) is 17.6 Å². The molecule has 0 radical (unpaired) electrons. The van der Waals surface area contributed by atoms with E-state index in [4.69, 9.17) is 0 Å². The lowest BCUT2D eigenvalue weighted by Crippen LogP contribution is -2.19. The quantitative estimate of drug-likeness (QED) is 0.624. The molecule has 1 aliphatic heterocycles. The van der Waals surface area contributed by atoms with Gasteiger partial charge < -0.3 is 9.88 Å². The molecule has 0 bridgehead atoms. The number of halogens is 4. The van der Waals surface area contributed by atoms with Gasteiger partial charge in [-0.15, -0.1) is 0 Å². The summed E-state index contributed by atoms with van der Waals surface area (Å²) in [5.74, 6) is -0.356. The van der Waals surface area contributed by atoms with Crippen LogP contribution in [-0.4, -0.2) is 17.7 Å². The van der Waals surface area contributed by atoms with Crippen LogP contribution in [0, 0.1) is 5.82 Å². The highest BCUT2D eigenvalue weighted by Gasteiger charge is 2.31. The average Bonchev–Trinajstić information content (AvgIpc) is 3.01. The van der Waals surface area contributed by atoms with Crippen LogP contribution in [0.1, 0.15) is 17.5 Å². The summed E-state index contributed by atoms with van der Waals surface area (Å²) in [6.45, 7) is 1.48. The molecule has 0 aliphatic carbocycles. The number of rotatable bonds is 2. The van der Waals surface area contributed by atoms with Crippen molar-refractivity contribution in [3.63, 3.8) is 0 Å². The largest absolute Gasteiger partial charge is 0.416 e. The van der Waals surface area contributed by atoms with Crippen LogP contribution in [-0.2, 0) is 6.18 Å². The molecule has 134 valence electrons. The lowest BCUT2D eigenvalue weighted by atomic mass is 9.98. The summed E-state index contributed by atoms with van der Waals surface area (Å²) < 4.78 is 54.6. The SMILES string of the molecule is Fc1ccc(-n2cc(C3=CCNCC3)c3cc(C(F)(F)F)ccc32)cc1. The number of nitrogens with one attached hydrogen (secondary N) is 1. The van der Waals surface area contributed by atoms with Gasteiger partial charge in [0.1, 0.15) is 5.82 Å². The first-order valence-electron chi connectivity index (χ1n) is 8.32. The average molecular weight is 360 g/mol. The number of nitrogens with zero attached hydrogens (tertiary/aromatic N) is 1. The van der Waals surface area contributed by atoms with E-state index in [1.54, 1.807) is 12.1 Å². The third-order valence-electron chi connectivity index (χ3n) is 4.65. The van der Waals surface area contributed by atoms with Gasteiger partial charge in [-0.2, -0.15) is 13.2 Å². The van der Waals surface area contributed by atoms with Crippen LogP contribution in [0.15, 0.2) is 54.7 Å². The maximum Gasteiger partial charge on any atom is 0.416 e. The van der Waals surface area contributed by atoms with E-state index >= 15 is 0 Å². The van der Waals surface area contributed by atoms with E-state index in [2.05, 4.69) is 5.32 Å². The van der Waals surface area contributed by atoms with Gasteiger partial charge in [0.2, 0.25) is 0 Å². The van der Waals surface area contributed by atoms with Gasteiger partial charge in [-0.25, -0.2) is 4.39 Å². The molecule has 0 saturated heterocycles. The van der Waals surface area contributed by atoms with Crippen molar-refractivity contribution in [3.05, 3.63) is 71.7 Å². The molecule has 2 heterocycles. The number of hydrogen-bond acceptors (Lipinski definition) is 1. The molecule has 0 atom stereocenters. The van der Waals surface area contributed by atoms with E-state index in [-0.39, 0.29) is 5.82 Å². The monoisotopic (exact) mass is 360 g/mol. The second-order valence-corrected chi connectivity index (χ2v) is 6.30. The Balaban J connectivity index is 1.95. The molecule has 0 saturated carbocycles. The molecule has 2 aromatic carbocycles. The van der Waals surface area contributed by atoms with Gasteiger partial charge in [-0.3, -0.25) is 0 Å². The van der Waals surface area contributed by atoms with Gasteiger partial charge in [0.25, 0.3) is 0 Å². The number of alkyl halides is 3. The summed E-state index contributed by atoms with van der Waals surface area (Å²) >= 11 is 0. The van der Waals surface area contributed by atoms with Gasteiger partial charge >= 0.3 is 6.18 Å². The Morgan fingerprint density at radius 1 is 1.00 bits per heavy atom. The Kier molecular flexibility index (Phi) is 4.07. The number of fused-ring (bicyclic) bond motifs is 1. The summed E-state index contributed by atoms with van der Waals surface area (Å²) in [6.07, 6.45) is 0.202. The lowest BCUT2D eigenvalue weighted by molar-refractivity contribution is -0.137. The molecule has 6 heteroatoms. The van der Waals surface area contributed by atoms with Crippen molar-refractivity contribution in [3.8, 4) is 5.69 Å². The lowest BCUT2D eigenvalue weighted by Gasteiger charge is -2.13. The van der Waals surface area contributed by atoms with Crippen LogP contribution < -0.4 is 5.32 Å². The highest BCUT2D eigenvalue weighted by atomic mass is 19.4. The Bertz CT molecular complexity index is 981. The summed E-state index contributed by atoms with van der Waals surface area (Å²) in [5, 5.41) is 3.76. The van der Waals surface area contributed by atoms with Gasteiger partial charge in [-0.1, -0.05) is 6.08 Å². The van der Waals surface area contributed by atoms with Crippen molar-refractivity contribution in [1.29, 1.82) is 0 Å². The smallest absolute Gasteiger partial charge is 0.316 e. The molecule has 1 aromatic heterocycles. The Morgan fingerprint density at radius 2 is 1.77 bits per heavy atom. The first-order valence-corrected chi connectivity index (χ1v) is 8.32. The summed E-state index contributed by atoms with van der Waals surface area (Å²) in [5.41, 5.74) is 2.51. The standard InChI is InChI=1S/C20H16F4N2/c21-15-2-4-16(5-3-15)26-12-18(13-7-9-25-10-8-13)17-11-14(20(22,23)24)1-6-19(17)26/h1-7,11-12,25H,8-10H2. The minimum atomic E-state index is -4.40. The minimum absolute atomic E-state index is 0.356. The fourth-order valence-electron chi connectivity index (χ4n) is 3.34. The first kappa shape index (κ1) is 16.8. The third kappa shape index (κ3) is 3.01. The number of hydrogen-bond donors (Lipinski definition) is 1. The molecule has 1 aliphatic rings. The van der Waals surface area contributed by atoms with E-state index in [1.807, 2.05) is 16.8 Å². The molecular weight excluding hydrogens is 344 g/mol. The fourth-order valence-corrected chi connectivity index (χ4v) is 3.34. The second kappa shape index (κ2) is 6.29. The Morgan fingerprint density at radius 3 is 2.42 bits per heavy atom. The van der Waals surface area contributed by atoms with Gasteiger partial charge in [0, 0.05) is 29.4 Å². The summed E-state index contributed by atoms with van der Waals surface area (Å²) in [4.78, 5) is 0. The first-order chi connectivity index (χ1) is 12.4. The highest BCUT2D eigenvalue weighted by molar-refractivity contribution is 5.95. The molecule has 0 unspecified atom stereocenters. The fraction of sp³-hybridized carbons (Fsp3) is 0.200. The zero-order valence-corrected chi connectivity index (χ0v) is 13.8. The van der Waals surface area contributed by atoms with E-state index in [1.165, 1.54) is 24.3 Å². The van der Waals surface area contributed by atoms with Crippen LogP contribution in [0.25, 0.3) is 22.2 Å². The Labute approximate surface area is 147 Å². The number of benzene rings is 2. The van der Waals surface area contributed by atoms with Gasteiger partial charge in [0.15, 0.2) is 0 Å². The van der Waals surface area contributed by atoms with E-state index in [0.717, 1.165) is 30.2 Å². The molecular formula is C20H16F4N2. The topological polar surface area (TPSA) is 17.0 Å². The normalized spacial score (nSPS) is 15.3.